The molecule has 0 aromatic heterocycles. The van der Waals surface area contributed by atoms with Crippen molar-refractivity contribution in [1.82, 2.24) is 10.2 Å². The lowest BCUT2D eigenvalue weighted by molar-refractivity contribution is -0.125. The zero-order chi connectivity index (χ0) is 16.1. The molecule has 1 aliphatic carbocycles. The van der Waals surface area contributed by atoms with Gasteiger partial charge >= 0.3 is 0 Å². The highest BCUT2D eigenvalue weighted by Gasteiger charge is 2.39. The van der Waals surface area contributed by atoms with E-state index in [4.69, 9.17) is 4.74 Å². The van der Waals surface area contributed by atoms with Gasteiger partial charge in [-0.25, -0.2) is 0 Å². The molecule has 1 heterocycles. The third-order valence-corrected chi connectivity index (χ3v) is 5.17. The second-order valence-electron chi connectivity index (χ2n) is 6.96. The average Bonchev–Trinajstić information content (AvgIpc) is 3.01. The van der Waals surface area contributed by atoms with Crippen LogP contribution in [0.5, 0.6) is 0 Å². The van der Waals surface area contributed by atoms with E-state index in [1.54, 1.807) is 0 Å². The van der Waals surface area contributed by atoms with Crippen molar-refractivity contribution in [3.63, 3.8) is 0 Å². The monoisotopic (exact) mass is 316 g/mol. The zero-order valence-corrected chi connectivity index (χ0v) is 14.1. The van der Waals surface area contributed by atoms with E-state index in [2.05, 4.69) is 22.3 Å². The number of benzene rings is 1. The van der Waals surface area contributed by atoms with Crippen LogP contribution in [-0.4, -0.2) is 42.6 Å². The Labute approximate surface area is 139 Å². The van der Waals surface area contributed by atoms with Gasteiger partial charge in [0.05, 0.1) is 18.2 Å². The lowest BCUT2D eigenvalue weighted by atomic mass is 9.99. The maximum Gasteiger partial charge on any atom is 0.221 e. The Balaban J connectivity index is 1.43. The van der Waals surface area contributed by atoms with Crippen molar-refractivity contribution in [3.05, 3.63) is 35.9 Å². The fraction of sp³-hybridized carbons (Fsp3) is 0.632. The molecule has 1 saturated carbocycles. The minimum absolute atomic E-state index is 0.0644. The van der Waals surface area contributed by atoms with E-state index in [1.807, 2.05) is 25.1 Å². The summed E-state index contributed by atoms with van der Waals surface area (Å²) in [6, 6.07) is 10.2. The lowest BCUT2D eigenvalue weighted by Gasteiger charge is -2.40. The number of nitrogens with zero attached hydrogens (tertiary/aromatic N) is 1. The maximum atomic E-state index is 12.2. The quantitative estimate of drug-likeness (QED) is 0.908. The molecule has 23 heavy (non-hydrogen) atoms. The van der Waals surface area contributed by atoms with Crippen LogP contribution < -0.4 is 5.32 Å². The molecule has 1 saturated heterocycles. The van der Waals surface area contributed by atoms with Crippen LogP contribution in [0.3, 0.4) is 0 Å². The van der Waals surface area contributed by atoms with Gasteiger partial charge in [0.2, 0.25) is 5.91 Å². The standard InChI is InChI=1S/C19H28N2O2/c1-16(17-7-3-2-4-8-17)20-18(22)9-12-21-13-14-23-19(15-21)10-5-6-11-19/h2-4,7-8,16H,5-6,9-15H2,1H3,(H,20,22). The van der Waals surface area contributed by atoms with Gasteiger partial charge in [-0.15, -0.1) is 0 Å². The van der Waals surface area contributed by atoms with Crippen LogP contribution in [0.1, 0.15) is 50.6 Å². The number of carbonyl (C=O) groups is 1. The van der Waals surface area contributed by atoms with Gasteiger partial charge in [-0.3, -0.25) is 9.69 Å². The third-order valence-electron chi connectivity index (χ3n) is 5.17. The molecule has 126 valence electrons. The van der Waals surface area contributed by atoms with E-state index in [0.29, 0.717) is 6.42 Å². The number of nitrogens with one attached hydrogen (secondary N) is 1. The number of ether oxygens (including phenoxy) is 1. The molecule has 1 aromatic rings. The number of hydrogen-bond donors (Lipinski definition) is 1. The van der Waals surface area contributed by atoms with Gasteiger partial charge in [-0.05, 0) is 25.3 Å². The largest absolute Gasteiger partial charge is 0.372 e. The predicted molar refractivity (Wildman–Crippen MR) is 91.2 cm³/mol. The first-order valence-electron chi connectivity index (χ1n) is 8.88. The SMILES string of the molecule is CC(NC(=O)CCN1CCOC2(CCCC2)C1)c1ccccc1. The van der Waals surface area contributed by atoms with Crippen molar-refractivity contribution in [2.24, 2.45) is 0 Å². The summed E-state index contributed by atoms with van der Waals surface area (Å²) in [4.78, 5) is 14.6. The van der Waals surface area contributed by atoms with E-state index in [-0.39, 0.29) is 17.6 Å². The summed E-state index contributed by atoms with van der Waals surface area (Å²) in [6.45, 7) is 5.62. The summed E-state index contributed by atoms with van der Waals surface area (Å²) in [5.41, 5.74) is 1.24. The Morgan fingerprint density at radius 3 is 2.78 bits per heavy atom. The molecule has 1 N–H and O–H groups in total. The molecule has 2 fully saturated rings. The number of carbonyl (C=O) groups excluding carboxylic acids is 1. The summed E-state index contributed by atoms with van der Waals surface area (Å²) in [5, 5.41) is 3.10. The highest BCUT2D eigenvalue weighted by Crippen LogP contribution is 2.35. The molecular weight excluding hydrogens is 288 g/mol. The maximum absolute atomic E-state index is 12.2. The minimum atomic E-state index is 0.0644. The smallest absolute Gasteiger partial charge is 0.221 e. The lowest BCUT2D eigenvalue weighted by Crippen LogP contribution is -2.50. The molecule has 4 nitrogen and oxygen atoms in total. The first kappa shape index (κ1) is 16.5. The fourth-order valence-corrected chi connectivity index (χ4v) is 3.83. The van der Waals surface area contributed by atoms with Gasteiger partial charge in [-0.2, -0.15) is 0 Å². The molecule has 1 spiro atoms. The van der Waals surface area contributed by atoms with Crippen LogP contribution in [0.2, 0.25) is 0 Å². The summed E-state index contributed by atoms with van der Waals surface area (Å²) < 4.78 is 6.04. The van der Waals surface area contributed by atoms with Gasteiger partial charge < -0.3 is 10.1 Å². The van der Waals surface area contributed by atoms with Gasteiger partial charge in [0.25, 0.3) is 0 Å². The molecule has 1 aromatic carbocycles. The second-order valence-corrected chi connectivity index (χ2v) is 6.96. The Hall–Kier alpha value is -1.39. The van der Waals surface area contributed by atoms with E-state index in [9.17, 15) is 4.79 Å². The Morgan fingerprint density at radius 2 is 2.04 bits per heavy atom. The number of rotatable bonds is 5. The third kappa shape index (κ3) is 4.33. The van der Waals surface area contributed by atoms with Gasteiger partial charge in [0, 0.05) is 26.1 Å². The van der Waals surface area contributed by atoms with Gasteiger partial charge in [0.1, 0.15) is 0 Å². The summed E-state index contributed by atoms with van der Waals surface area (Å²) in [7, 11) is 0. The number of morpholine rings is 1. The van der Waals surface area contributed by atoms with Crippen molar-refractivity contribution in [1.29, 1.82) is 0 Å². The fourth-order valence-electron chi connectivity index (χ4n) is 3.83. The molecule has 3 rings (SSSR count). The second kappa shape index (κ2) is 7.45. The molecule has 1 atom stereocenters. The summed E-state index contributed by atoms with van der Waals surface area (Å²) in [5.74, 6) is 0.133. The molecule has 0 bridgehead atoms. The Bertz CT molecular complexity index is 511. The van der Waals surface area contributed by atoms with Crippen LogP contribution in [0.25, 0.3) is 0 Å². The molecule has 0 radical (unpaired) electrons. The van der Waals surface area contributed by atoms with Crippen LogP contribution >= 0.6 is 0 Å². The van der Waals surface area contributed by atoms with E-state index in [1.165, 1.54) is 25.7 Å². The van der Waals surface area contributed by atoms with Crippen molar-refractivity contribution in [2.75, 3.05) is 26.2 Å². The zero-order valence-electron chi connectivity index (χ0n) is 14.1. The predicted octanol–water partition coefficient (Wildman–Crippen LogP) is 2.90. The normalized spacial score (nSPS) is 22.1. The first-order valence-corrected chi connectivity index (χ1v) is 8.88. The number of hydrogen-bond acceptors (Lipinski definition) is 3. The van der Waals surface area contributed by atoms with Crippen LogP contribution in [0.4, 0.5) is 0 Å². The van der Waals surface area contributed by atoms with E-state index < -0.39 is 0 Å². The van der Waals surface area contributed by atoms with Crippen LogP contribution in [0, 0.1) is 0 Å². The van der Waals surface area contributed by atoms with Crippen LogP contribution in [0.15, 0.2) is 30.3 Å². The average molecular weight is 316 g/mol. The topological polar surface area (TPSA) is 41.6 Å². The molecular formula is C19H28N2O2. The minimum Gasteiger partial charge on any atom is -0.372 e. The van der Waals surface area contributed by atoms with Crippen LogP contribution in [-0.2, 0) is 9.53 Å². The van der Waals surface area contributed by atoms with Gasteiger partial charge in [-0.1, -0.05) is 43.2 Å². The summed E-state index contributed by atoms with van der Waals surface area (Å²) in [6.07, 6.45) is 5.49. The molecule has 2 aliphatic rings. The Kier molecular flexibility index (Phi) is 5.34. The molecule has 1 amide bonds. The highest BCUT2D eigenvalue weighted by atomic mass is 16.5. The van der Waals surface area contributed by atoms with Crippen molar-refractivity contribution in [3.8, 4) is 0 Å². The summed E-state index contributed by atoms with van der Waals surface area (Å²) >= 11 is 0. The molecule has 1 unspecified atom stereocenters. The highest BCUT2D eigenvalue weighted by molar-refractivity contribution is 5.76. The van der Waals surface area contributed by atoms with E-state index in [0.717, 1.165) is 31.8 Å². The molecule has 1 aliphatic heterocycles. The van der Waals surface area contributed by atoms with Crippen molar-refractivity contribution < 1.29 is 9.53 Å². The first-order chi connectivity index (χ1) is 11.2. The van der Waals surface area contributed by atoms with Crippen molar-refractivity contribution in [2.45, 2.75) is 50.7 Å². The Morgan fingerprint density at radius 1 is 1.30 bits per heavy atom. The number of amides is 1. The van der Waals surface area contributed by atoms with Gasteiger partial charge in [0.15, 0.2) is 0 Å². The molecule has 4 heteroatoms. The van der Waals surface area contributed by atoms with Crippen molar-refractivity contribution >= 4 is 5.91 Å². The van der Waals surface area contributed by atoms with E-state index >= 15 is 0 Å².